The summed E-state index contributed by atoms with van der Waals surface area (Å²) >= 11 is 0. The average molecular weight is 241 g/mol. The number of carbonyl (C=O) groups excluding carboxylic acids is 1. The molecule has 0 radical (unpaired) electrons. The van der Waals surface area contributed by atoms with Crippen molar-refractivity contribution in [2.24, 2.45) is 5.73 Å². The highest BCUT2D eigenvalue weighted by atomic mass is 16.2. The number of likely N-dealkylation sites (N-methyl/N-ethyl adjacent to an activating group) is 1. The van der Waals surface area contributed by atoms with Crippen LogP contribution in [0.4, 0.5) is 0 Å². The number of likely N-dealkylation sites (tertiary alicyclic amines) is 1. The molecular formula is C13H27N3O. The van der Waals surface area contributed by atoms with Gasteiger partial charge in [-0.05, 0) is 40.3 Å². The zero-order valence-electron chi connectivity index (χ0n) is 11.7. The van der Waals surface area contributed by atoms with Crippen LogP contribution in [-0.2, 0) is 4.79 Å². The van der Waals surface area contributed by atoms with Gasteiger partial charge in [-0.2, -0.15) is 0 Å². The first kappa shape index (κ1) is 14.5. The number of nitrogens with zero attached hydrogens (tertiary/aromatic N) is 2. The van der Waals surface area contributed by atoms with Crippen molar-refractivity contribution < 1.29 is 4.79 Å². The van der Waals surface area contributed by atoms with Crippen molar-refractivity contribution in [3.8, 4) is 0 Å². The zero-order valence-corrected chi connectivity index (χ0v) is 11.7. The van der Waals surface area contributed by atoms with E-state index in [2.05, 4.69) is 25.9 Å². The van der Waals surface area contributed by atoms with Gasteiger partial charge in [0.1, 0.15) is 0 Å². The highest BCUT2D eigenvalue weighted by Crippen LogP contribution is 2.22. The minimum atomic E-state index is -0.691. The fraction of sp³-hybridized carbons (Fsp3) is 0.923. The molecule has 2 unspecified atom stereocenters. The Bertz CT molecular complexity index is 263. The van der Waals surface area contributed by atoms with E-state index in [1.807, 2.05) is 11.8 Å². The minimum absolute atomic E-state index is 0.128. The molecule has 1 heterocycles. The van der Waals surface area contributed by atoms with Crippen molar-refractivity contribution in [3.05, 3.63) is 0 Å². The summed E-state index contributed by atoms with van der Waals surface area (Å²) in [6, 6.07) is 0.345. The Morgan fingerprint density at radius 3 is 2.71 bits per heavy atom. The van der Waals surface area contributed by atoms with Gasteiger partial charge in [0, 0.05) is 19.1 Å². The summed E-state index contributed by atoms with van der Waals surface area (Å²) in [5.41, 5.74) is 5.45. The maximum absolute atomic E-state index is 12.4. The van der Waals surface area contributed by atoms with E-state index in [1.165, 1.54) is 0 Å². The van der Waals surface area contributed by atoms with Crippen LogP contribution >= 0.6 is 0 Å². The van der Waals surface area contributed by atoms with Gasteiger partial charge in [-0.25, -0.2) is 0 Å². The zero-order chi connectivity index (χ0) is 13.1. The molecule has 2 N–H and O–H groups in total. The molecule has 0 saturated carbocycles. The first-order valence-corrected chi connectivity index (χ1v) is 6.63. The van der Waals surface area contributed by atoms with Crippen LogP contribution in [-0.4, -0.2) is 54.5 Å². The average Bonchev–Trinajstić information content (AvgIpc) is 2.63. The van der Waals surface area contributed by atoms with Crippen molar-refractivity contribution in [3.63, 3.8) is 0 Å². The minimum Gasteiger partial charge on any atom is -0.337 e. The molecule has 0 aliphatic carbocycles. The van der Waals surface area contributed by atoms with Crippen molar-refractivity contribution in [1.29, 1.82) is 0 Å². The van der Waals surface area contributed by atoms with Gasteiger partial charge in [0.05, 0.1) is 5.54 Å². The van der Waals surface area contributed by atoms with Gasteiger partial charge in [-0.3, -0.25) is 4.79 Å². The third kappa shape index (κ3) is 3.68. The highest BCUT2D eigenvalue weighted by Gasteiger charge is 2.37. The molecule has 1 saturated heterocycles. The fourth-order valence-corrected chi connectivity index (χ4v) is 2.67. The molecule has 17 heavy (non-hydrogen) atoms. The van der Waals surface area contributed by atoms with Crippen LogP contribution in [0.1, 0.15) is 39.5 Å². The topological polar surface area (TPSA) is 49.6 Å². The second kappa shape index (κ2) is 5.83. The number of hydrogen-bond acceptors (Lipinski definition) is 3. The number of rotatable bonds is 5. The lowest BCUT2D eigenvalue weighted by Gasteiger charge is -2.34. The predicted molar refractivity (Wildman–Crippen MR) is 70.8 cm³/mol. The molecule has 4 heteroatoms. The standard InChI is InChI=1S/C13H27N3O/c1-5-8-13(2,14)12(17)16-9-6-7-11(16)10-15(3)4/h11H,5-10,14H2,1-4H3. The Labute approximate surface area is 105 Å². The SMILES string of the molecule is CCCC(C)(N)C(=O)N1CCCC1CN(C)C. The molecule has 4 nitrogen and oxygen atoms in total. The Kier molecular flexibility index (Phi) is 4.95. The Morgan fingerprint density at radius 1 is 1.53 bits per heavy atom. The van der Waals surface area contributed by atoms with Crippen LogP contribution in [0.25, 0.3) is 0 Å². The van der Waals surface area contributed by atoms with Gasteiger partial charge in [0.25, 0.3) is 0 Å². The summed E-state index contributed by atoms with van der Waals surface area (Å²) in [7, 11) is 4.10. The van der Waals surface area contributed by atoms with E-state index >= 15 is 0 Å². The number of carbonyl (C=O) groups is 1. The molecule has 0 aromatic carbocycles. The maximum atomic E-state index is 12.4. The Morgan fingerprint density at radius 2 is 2.18 bits per heavy atom. The molecular weight excluding hydrogens is 214 g/mol. The third-order valence-corrected chi connectivity index (χ3v) is 3.47. The highest BCUT2D eigenvalue weighted by molar-refractivity contribution is 5.86. The van der Waals surface area contributed by atoms with E-state index in [-0.39, 0.29) is 5.91 Å². The van der Waals surface area contributed by atoms with Crippen LogP contribution in [0.5, 0.6) is 0 Å². The van der Waals surface area contributed by atoms with E-state index in [0.29, 0.717) is 6.04 Å². The molecule has 1 amide bonds. The smallest absolute Gasteiger partial charge is 0.242 e. The van der Waals surface area contributed by atoms with E-state index in [1.54, 1.807) is 0 Å². The summed E-state index contributed by atoms with van der Waals surface area (Å²) in [5, 5.41) is 0. The normalized spacial score (nSPS) is 24.1. The predicted octanol–water partition coefficient (Wildman–Crippen LogP) is 1.06. The van der Waals surface area contributed by atoms with Gasteiger partial charge in [0.15, 0.2) is 0 Å². The lowest BCUT2D eigenvalue weighted by atomic mass is 9.95. The number of hydrogen-bond donors (Lipinski definition) is 1. The molecule has 0 aromatic heterocycles. The van der Waals surface area contributed by atoms with Crippen LogP contribution in [0.3, 0.4) is 0 Å². The molecule has 0 aromatic rings. The molecule has 1 aliphatic rings. The number of nitrogens with two attached hydrogens (primary N) is 1. The van der Waals surface area contributed by atoms with Crippen molar-refractivity contribution in [1.82, 2.24) is 9.80 Å². The van der Waals surface area contributed by atoms with E-state index in [4.69, 9.17) is 5.73 Å². The lowest BCUT2D eigenvalue weighted by molar-refractivity contribution is -0.137. The third-order valence-electron chi connectivity index (χ3n) is 3.47. The Hall–Kier alpha value is -0.610. The molecule has 1 fully saturated rings. The van der Waals surface area contributed by atoms with Crippen LogP contribution < -0.4 is 5.73 Å². The largest absolute Gasteiger partial charge is 0.337 e. The van der Waals surface area contributed by atoms with E-state index in [0.717, 1.165) is 38.8 Å². The van der Waals surface area contributed by atoms with E-state index < -0.39 is 5.54 Å². The summed E-state index contributed by atoms with van der Waals surface area (Å²) in [6.45, 7) is 5.74. The van der Waals surface area contributed by atoms with Crippen LogP contribution in [0.2, 0.25) is 0 Å². The second-order valence-electron chi connectivity index (χ2n) is 5.72. The molecule has 2 atom stereocenters. The van der Waals surface area contributed by atoms with Crippen molar-refractivity contribution in [2.75, 3.05) is 27.2 Å². The first-order chi connectivity index (χ1) is 7.88. The quantitative estimate of drug-likeness (QED) is 0.783. The molecule has 1 aliphatic heterocycles. The maximum Gasteiger partial charge on any atom is 0.242 e. The fourth-order valence-electron chi connectivity index (χ4n) is 2.67. The van der Waals surface area contributed by atoms with Crippen LogP contribution in [0, 0.1) is 0 Å². The number of amides is 1. The van der Waals surface area contributed by atoms with Gasteiger partial charge < -0.3 is 15.5 Å². The van der Waals surface area contributed by atoms with Gasteiger partial charge in [-0.1, -0.05) is 13.3 Å². The monoisotopic (exact) mass is 241 g/mol. The van der Waals surface area contributed by atoms with Crippen molar-refractivity contribution in [2.45, 2.75) is 51.1 Å². The molecule has 0 bridgehead atoms. The Balaban J connectivity index is 2.67. The molecule has 100 valence electrons. The van der Waals surface area contributed by atoms with Gasteiger partial charge >= 0.3 is 0 Å². The van der Waals surface area contributed by atoms with Gasteiger partial charge in [-0.15, -0.1) is 0 Å². The van der Waals surface area contributed by atoms with Crippen LogP contribution in [0.15, 0.2) is 0 Å². The van der Waals surface area contributed by atoms with Gasteiger partial charge in [0.2, 0.25) is 5.91 Å². The molecule has 0 spiro atoms. The summed E-state index contributed by atoms with van der Waals surface area (Å²) in [6.07, 6.45) is 3.92. The van der Waals surface area contributed by atoms with E-state index in [9.17, 15) is 4.79 Å². The first-order valence-electron chi connectivity index (χ1n) is 6.63. The van der Waals surface area contributed by atoms with Crippen molar-refractivity contribution >= 4 is 5.91 Å². The molecule has 1 rings (SSSR count). The summed E-state index contributed by atoms with van der Waals surface area (Å²) < 4.78 is 0. The lowest BCUT2D eigenvalue weighted by Crippen LogP contribution is -2.55. The summed E-state index contributed by atoms with van der Waals surface area (Å²) in [5.74, 6) is 0.128. The summed E-state index contributed by atoms with van der Waals surface area (Å²) in [4.78, 5) is 16.6. The second-order valence-corrected chi connectivity index (χ2v) is 5.72.